The Morgan fingerprint density at radius 1 is 1.24 bits per heavy atom. The van der Waals surface area contributed by atoms with Crippen molar-refractivity contribution in [2.75, 3.05) is 19.6 Å². The monoisotopic (exact) mass is 237 g/mol. The van der Waals surface area contributed by atoms with Crippen LogP contribution in [0.2, 0.25) is 0 Å². The smallest absolute Gasteiger partial charge is 0.0770 e. The summed E-state index contributed by atoms with van der Waals surface area (Å²) in [4.78, 5) is 2.59. The molecule has 0 amide bonds. The number of piperidine rings is 1. The Hall–Kier alpha value is -0.340. The molecule has 2 fully saturated rings. The zero-order chi connectivity index (χ0) is 12.3. The maximum absolute atomic E-state index is 6.16. The topological polar surface area (TPSA) is 12.5 Å². The first kappa shape index (κ1) is 13.1. The van der Waals surface area contributed by atoms with Gasteiger partial charge in [-0.25, -0.2) is 0 Å². The molecule has 17 heavy (non-hydrogen) atoms. The second-order valence-electron chi connectivity index (χ2n) is 5.88. The van der Waals surface area contributed by atoms with Gasteiger partial charge in [-0.15, -0.1) is 0 Å². The minimum atomic E-state index is 0.384. The zero-order valence-corrected chi connectivity index (χ0v) is 11.5. The molecule has 2 nitrogen and oxygen atoms in total. The summed E-state index contributed by atoms with van der Waals surface area (Å²) in [7, 11) is 0. The van der Waals surface area contributed by atoms with Crippen LogP contribution in [0.1, 0.15) is 46.0 Å². The normalized spacial score (nSPS) is 35.8. The van der Waals surface area contributed by atoms with E-state index >= 15 is 0 Å². The van der Waals surface area contributed by atoms with Crippen LogP contribution in [0.3, 0.4) is 0 Å². The van der Waals surface area contributed by atoms with Crippen LogP contribution < -0.4 is 0 Å². The highest BCUT2D eigenvalue weighted by molar-refractivity contribution is 5.02. The molecule has 0 saturated carbocycles. The van der Waals surface area contributed by atoms with Gasteiger partial charge in [0.05, 0.1) is 12.2 Å². The lowest BCUT2D eigenvalue weighted by Crippen LogP contribution is -2.44. The van der Waals surface area contributed by atoms with Crippen molar-refractivity contribution in [3.05, 3.63) is 12.2 Å². The van der Waals surface area contributed by atoms with E-state index in [0.717, 1.165) is 6.54 Å². The standard InChI is InChI=1S/C15H27NO/c1-12(2)14-8-7-13(3)17-15(14)11-16-9-5-4-6-10-16/h13-15H,1,4-11H2,2-3H3/t13-,14+,15+/m1/s1. The summed E-state index contributed by atoms with van der Waals surface area (Å²) in [6.45, 7) is 12.1. The van der Waals surface area contributed by atoms with Crippen LogP contribution in [0.5, 0.6) is 0 Å². The van der Waals surface area contributed by atoms with Crippen molar-refractivity contribution in [1.82, 2.24) is 4.90 Å². The summed E-state index contributed by atoms with van der Waals surface area (Å²) in [5, 5.41) is 0. The summed E-state index contributed by atoms with van der Waals surface area (Å²) in [6.07, 6.45) is 7.39. The number of likely N-dealkylation sites (tertiary alicyclic amines) is 1. The average molecular weight is 237 g/mol. The highest BCUT2D eigenvalue weighted by Crippen LogP contribution is 2.30. The van der Waals surface area contributed by atoms with Gasteiger partial charge >= 0.3 is 0 Å². The number of hydrogen-bond acceptors (Lipinski definition) is 2. The van der Waals surface area contributed by atoms with Crippen molar-refractivity contribution in [3.63, 3.8) is 0 Å². The molecule has 0 N–H and O–H groups in total. The molecule has 0 aromatic carbocycles. The van der Waals surface area contributed by atoms with Gasteiger partial charge in [0.15, 0.2) is 0 Å². The SMILES string of the molecule is C=C(C)[C@@H]1CC[C@@H](C)O[C@H]1CN1CCCCC1. The van der Waals surface area contributed by atoms with E-state index in [4.69, 9.17) is 4.74 Å². The molecule has 0 radical (unpaired) electrons. The van der Waals surface area contributed by atoms with E-state index in [1.54, 1.807) is 0 Å². The van der Waals surface area contributed by atoms with Crippen molar-refractivity contribution >= 4 is 0 Å². The van der Waals surface area contributed by atoms with Crippen LogP contribution in [0.15, 0.2) is 12.2 Å². The second-order valence-corrected chi connectivity index (χ2v) is 5.88. The maximum Gasteiger partial charge on any atom is 0.0770 e. The van der Waals surface area contributed by atoms with Gasteiger partial charge in [-0.2, -0.15) is 0 Å². The molecule has 3 atom stereocenters. The molecule has 0 unspecified atom stereocenters. The predicted octanol–water partition coefficient (Wildman–Crippen LogP) is 3.23. The van der Waals surface area contributed by atoms with Gasteiger partial charge in [0.1, 0.15) is 0 Å². The summed E-state index contributed by atoms with van der Waals surface area (Å²) < 4.78 is 6.16. The van der Waals surface area contributed by atoms with Crippen LogP contribution in [0.4, 0.5) is 0 Å². The van der Waals surface area contributed by atoms with Gasteiger partial charge < -0.3 is 9.64 Å². The summed E-state index contributed by atoms with van der Waals surface area (Å²) >= 11 is 0. The summed E-state index contributed by atoms with van der Waals surface area (Å²) in [5.74, 6) is 0.577. The van der Waals surface area contributed by atoms with E-state index in [2.05, 4.69) is 25.3 Å². The number of ether oxygens (including phenoxy) is 1. The Morgan fingerprint density at radius 3 is 2.59 bits per heavy atom. The molecule has 2 heterocycles. The molecule has 0 aromatic heterocycles. The van der Waals surface area contributed by atoms with Crippen molar-refractivity contribution in [1.29, 1.82) is 0 Å². The number of nitrogens with zero attached hydrogens (tertiary/aromatic N) is 1. The van der Waals surface area contributed by atoms with Crippen LogP contribution in [-0.4, -0.2) is 36.7 Å². The van der Waals surface area contributed by atoms with E-state index in [1.807, 2.05) is 0 Å². The molecule has 0 aliphatic carbocycles. The lowest BCUT2D eigenvalue weighted by Gasteiger charge is -2.39. The molecule has 2 heteroatoms. The van der Waals surface area contributed by atoms with Crippen LogP contribution in [0.25, 0.3) is 0 Å². The Bertz CT molecular complexity index is 258. The molecule has 98 valence electrons. The third-order valence-corrected chi connectivity index (χ3v) is 4.26. The quantitative estimate of drug-likeness (QED) is 0.699. The molecule has 2 rings (SSSR count). The van der Waals surface area contributed by atoms with Crippen molar-refractivity contribution in [2.45, 2.75) is 58.2 Å². The van der Waals surface area contributed by atoms with Gasteiger partial charge in [-0.1, -0.05) is 18.6 Å². The highest BCUT2D eigenvalue weighted by atomic mass is 16.5. The fourth-order valence-electron chi connectivity index (χ4n) is 3.19. The van der Waals surface area contributed by atoms with E-state index < -0.39 is 0 Å². The Kier molecular flexibility index (Phi) is 4.63. The molecule has 0 aromatic rings. The molecule has 0 spiro atoms. The first-order chi connectivity index (χ1) is 8.16. The Labute approximate surface area is 106 Å². The molecular weight excluding hydrogens is 210 g/mol. The summed E-state index contributed by atoms with van der Waals surface area (Å²) in [6, 6.07) is 0. The van der Waals surface area contributed by atoms with Gasteiger partial charge in [0, 0.05) is 12.5 Å². The molecular formula is C15H27NO. The third kappa shape index (κ3) is 3.56. The summed E-state index contributed by atoms with van der Waals surface area (Å²) in [5.41, 5.74) is 1.30. The van der Waals surface area contributed by atoms with Gasteiger partial charge in [-0.05, 0) is 52.6 Å². The first-order valence-electron chi connectivity index (χ1n) is 7.20. The lowest BCUT2D eigenvalue weighted by atomic mass is 9.86. The zero-order valence-electron chi connectivity index (χ0n) is 11.5. The Balaban J connectivity index is 1.92. The Morgan fingerprint density at radius 2 is 1.94 bits per heavy atom. The number of hydrogen-bond donors (Lipinski definition) is 0. The minimum absolute atomic E-state index is 0.384. The molecule has 2 saturated heterocycles. The van der Waals surface area contributed by atoms with Crippen molar-refractivity contribution < 1.29 is 4.74 Å². The largest absolute Gasteiger partial charge is 0.373 e. The van der Waals surface area contributed by atoms with Crippen LogP contribution >= 0.6 is 0 Å². The van der Waals surface area contributed by atoms with E-state index in [-0.39, 0.29) is 0 Å². The molecule has 2 aliphatic heterocycles. The highest BCUT2D eigenvalue weighted by Gasteiger charge is 2.31. The van der Waals surface area contributed by atoms with Gasteiger partial charge in [0.25, 0.3) is 0 Å². The lowest BCUT2D eigenvalue weighted by molar-refractivity contribution is -0.0793. The number of rotatable bonds is 3. The van der Waals surface area contributed by atoms with Gasteiger partial charge in [-0.3, -0.25) is 0 Å². The van der Waals surface area contributed by atoms with Crippen molar-refractivity contribution in [3.8, 4) is 0 Å². The fourth-order valence-corrected chi connectivity index (χ4v) is 3.19. The van der Waals surface area contributed by atoms with Crippen LogP contribution in [0, 0.1) is 5.92 Å². The maximum atomic E-state index is 6.16. The van der Waals surface area contributed by atoms with Crippen LogP contribution in [-0.2, 0) is 4.74 Å². The minimum Gasteiger partial charge on any atom is -0.373 e. The van der Waals surface area contributed by atoms with E-state index in [1.165, 1.54) is 50.8 Å². The average Bonchev–Trinajstić information content (AvgIpc) is 2.30. The molecule has 2 aliphatic rings. The van der Waals surface area contributed by atoms with Crippen molar-refractivity contribution in [2.24, 2.45) is 5.92 Å². The van der Waals surface area contributed by atoms with E-state index in [0.29, 0.717) is 18.1 Å². The first-order valence-corrected chi connectivity index (χ1v) is 7.20. The molecule has 0 bridgehead atoms. The van der Waals surface area contributed by atoms with E-state index in [9.17, 15) is 0 Å². The predicted molar refractivity (Wildman–Crippen MR) is 72.2 cm³/mol. The fraction of sp³-hybridized carbons (Fsp3) is 0.867. The van der Waals surface area contributed by atoms with Gasteiger partial charge in [0.2, 0.25) is 0 Å². The third-order valence-electron chi connectivity index (χ3n) is 4.26. The second kappa shape index (κ2) is 6.01.